The Balaban J connectivity index is 1.90. The van der Waals surface area contributed by atoms with Gasteiger partial charge in [0.2, 0.25) is 5.91 Å². The van der Waals surface area contributed by atoms with Crippen molar-refractivity contribution in [3.8, 4) is 0 Å². The van der Waals surface area contributed by atoms with Crippen molar-refractivity contribution >= 4 is 46.2 Å². The summed E-state index contributed by atoms with van der Waals surface area (Å²) in [4.78, 5) is 33.6. The van der Waals surface area contributed by atoms with Crippen molar-refractivity contribution in [1.82, 2.24) is 15.2 Å². The smallest absolute Gasteiger partial charge is 0.399 e. The molecule has 1 aliphatic rings. The SMILES string of the molecule is COCC(N)=C(C=NCC(F)(F)F)C(=O)N[C@H]1C[C@@H](Nc2cc(C(F)(F)F)nc3ccc(Cl)cc23)CN(C(C)=O)C1. The number of piperidine rings is 1. The van der Waals surface area contributed by atoms with Crippen molar-refractivity contribution in [2.75, 3.05) is 38.7 Å². The summed E-state index contributed by atoms with van der Waals surface area (Å²) in [6, 6.07) is 3.64. The minimum absolute atomic E-state index is 0.0349. The van der Waals surface area contributed by atoms with Gasteiger partial charge in [-0.1, -0.05) is 11.6 Å². The maximum atomic E-state index is 13.6. The lowest BCUT2D eigenvalue weighted by atomic mass is 9.99. The minimum atomic E-state index is -4.74. The van der Waals surface area contributed by atoms with Crippen molar-refractivity contribution in [2.45, 2.75) is 37.8 Å². The van der Waals surface area contributed by atoms with Gasteiger partial charge in [-0.25, -0.2) is 4.98 Å². The Labute approximate surface area is 235 Å². The van der Waals surface area contributed by atoms with Gasteiger partial charge in [0.05, 0.1) is 17.7 Å². The number of rotatable bonds is 8. The molecule has 2 aromatic rings. The molecule has 1 fully saturated rings. The highest BCUT2D eigenvalue weighted by Gasteiger charge is 2.35. The summed E-state index contributed by atoms with van der Waals surface area (Å²) in [5.74, 6) is -1.23. The van der Waals surface area contributed by atoms with Crippen LogP contribution in [0.25, 0.3) is 10.9 Å². The molecule has 2 amide bonds. The lowest BCUT2D eigenvalue weighted by molar-refractivity contribution is -0.141. The Hall–Kier alpha value is -3.59. The van der Waals surface area contributed by atoms with Crippen molar-refractivity contribution in [1.29, 1.82) is 0 Å². The molecule has 16 heteroatoms. The van der Waals surface area contributed by atoms with E-state index in [9.17, 15) is 35.9 Å². The first-order valence-corrected chi connectivity index (χ1v) is 12.5. The highest BCUT2D eigenvalue weighted by molar-refractivity contribution is 6.31. The van der Waals surface area contributed by atoms with Gasteiger partial charge in [0.25, 0.3) is 5.91 Å². The standard InChI is InChI=1S/C25H27ClF6N6O3/c1-13(39)38-9-15(35-21-7-22(25(30,31)32)37-20-4-3-14(26)5-17(20)21)6-16(10-38)36-23(40)18(19(33)11-41-2)8-34-12-24(27,28)29/h3-5,7-8,15-16H,6,9-12,33H2,1-2H3,(H,35,37)(H,36,40)/t15-,16+/m1/s1. The number of aromatic nitrogens is 1. The summed E-state index contributed by atoms with van der Waals surface area (Å²) in [6.07, 6.45) is -8.51. The number of hydrogen-bond donors (Lipinski definition) is 3. The first-order valence-electron chi connectivity index (χ1n) is 12.1. The Bertz CT molecular complexity index is 1350. The first kappa shape index (κ1) is 31.9. The van der Waals surface area contributed by atoms with Gasteiger partial charge in [-0.2, -0.15) is 26.3 Å². The number of nitrogens with two attached hydrogens (primary N) is 1. The zero-order valence-electron chi connectivity index (χ0n) is 21.9. The lowest BCUT2D eigenvalue weighted by Crippen LogP contribution is -2.56. The molecule has 1 aromatic carbocycles. The number of amides is 2. The molecule has 0 spiro atoms. The summed E-state index contributed by atoms with van der Waals surface area (Å²) in [7, 11) is 1.28. The van der Waals surface area contributed by atoms with E-state index < -0.39 is 42.6 Å². The van der Waals surface area contributed by atoms with Gasteiger partial charge in [-0.3, -0.25) is 14.6 Å². The quantitative estimate of drug-likeness (QED) is 0.237. The monoisotopic (exact) mass is 608 g/mol. The second-order valence-electron chi connectivity index (χ2n) is 9.34. The molecule has 9 nitrogen and oxygen atoms in total. The molecule has 3 rings (SSSR count). The molecule has 0 aliphatic carbocycles. The average Bonchev–Trinajstić information content (AvgIpc) is 2.85. The minimum Gasteiger partial charge on any atom is -0.399 e. The van der Waals surface area contributed by atoms with Gasteiger partial charge in [-0.05, 0) is 30.7 Å². The molecule has 224 valence electrons. The molecule has 1 aromatic heterocycles. The third kappa shape index (κ3) is 8.95. The molecule has 0 unspecified atom stereocenters. The molecule has 0 radical (unpaired) electrons. The average molecular weight is 609 g/mol. The lowest BCUT2D eigenvalue weighted by Gasteiger charge is -2.38. The Morgan fingerprint density at radius 3 is 2.49 bits per heavy atom. The van der Waals surface area contributed by atoms with Crippen molar-refractivity contribution in [3.05, 3.63) is 46.3 Å². The van der Waals surface area contributed by atoms with E-state index in [1.165, 1.54) is 37.1 Å². The van der Waals surface area contributed by atoms with E-state index in [0.29, 0.717) is 11.6 Å². The van der Waals surface area contributed by atoms with Crippen LogP contribution in [0.3, 0.4) is 0 Å². The van der Waals surface area contributed by atoms with Crippen LogP contribution in [-0.4, -0.2) is 79.5 Å². The van der Waals surface area contributed by atoms with Gasteiger partial charge in [0.1, 0.15) is 12.2 Å². The molecular formula is C25H27ClF6N6O3. The van der Waals surface area contributed by atoms with E-state index in [0.717, 1.165) is 6.07 Å². The van der Waals surface area contributed by atoms with E-state index >= 15 is 0 Å². The molecule has 2 heterocycles. The van der Waals surface area contributed by atoms with Crippen LogP contribution in [-0.2, 0) is 20.5 Å². The maximum Gasteiger partial charge on any atom is 0.433 e. The molecule has 1 saturated heterocycles. The fourth-order valence-electron chi connectivity index (χ4n) is 4.27. The predicted octanol–water partition coefficient (Wildman–Crippen LogP) is 3.92. The number of likely N-dealkylation sites (tertiary alicyclic amines) is 1. The van der Waals surface area contributed by atoms with Gasteiger partial charge in [0.15, 0.2) is 0 Å². The number of methoxy groups -OCH3 is 1. The third-order valence-corrected chi connectivity index (χ3v) is 6.27. The van der Waals surface area contributed by atoms with Gasteiger partial charge in [0, 0.05) is 67.2 Å². The molecule has 41 heavy (non-hydrogen) atoms. The normalized spacial score (nSPS) is 18.9. The second-order valence-corrected chi connectivity index (χ2v) is 9.78. The van der Waals surface area contributed by atoms with Crippen LogP contribution < -0.4 is 16.4 Å². The Kier molecular flexibility index (Phi) is 10.1. The summed E-state index contributed by atoms with van der Waals surface area (Å²) in [6.45, 7) is -0.395. The number of carbonyl (C=O) groups excluding carboxylic acids is 2. The van der Waals surface area contributed by atoms with E-state index in [2.05, 4.69) is 20.6 Å². The fourth-order valence-corrected chi connectivity index (χ4v) is 4.44. The maximum absolute atomic E-state index is 13.6. The number of alkyl halides is 6. The summed E-state index contributed by atoms with van der Waals surface area (Å²) in [5, 5.41) is 6.23. The zero-order chi connectivity index (χ0) is 30.5. The topological polar surface area (TPSA) is 122 Å². The zero-order valence-corrected chi connectivity index (χ0v) is 22.6. The number of nitrogens with zero attached hydrogens (tertiary/aromatic N) is 3. The van der Waals surface area contributed by atoms with Crippen LogP contribution in [0.2, 0.25) is 5.02 Å². The predicted molar refractivity (Wildman–Crippen MR) is 140 cm³/mol. The molecule has 2 atom stereocenters. The highest BCUT2D eigenvalue weighted by atomic mass is 35.5. The summed E-state index contributed by atoms with van der Waals surface area (Å²) >= 11 is 6.07. The van der Waals surface area contributed by atoms with E-state index in [-0.39, 0.29) is 59.5 Å². The number of pyridine rings is 1. The number of ether oxygens (including phenoxy) is 1. The number of benzene rings is 1. The molecule has 4 N–H and O–H groups in total. The molecule has 0 saturated carbocycles. The number of halogens is 7. The molecule has 1 aliphatic heterocycles. The number of hydrogen-bond acceptors (Lipinski definition) is 7. The Morgan fingerprint density at radius 2 is 1.88 bits per heavy atom. The summed E-state index contributed by atoms with van der Waals surface area (Å²) < 4.78 is 83.3. The van der Waals surface area contributed by atoms with Crippen LogP contribution in [0.5, 0.6) is 0 Å². The Morgan fingerprint density at radius 1 is 1.20 bits per heavy atom. The highest BCUT2D eigenvalue weighted by Crippen LogP contribution is 2.35. The first-order chi connectivity index (χ1) is 19.1. The number of aliphatic imine (C=N–C) groups is 1. The van der Waals surface area contributed by atoms with Gasteiger partial charge < -0.3 is 26.0 Å². The number of nitrogens with one attached hydrogen (secondary N) is 2. The molecular weight excluding hydrogens is 582 g/mol. The van der Waals surface area contributed by atoms with Crippen molar-refractivity contribution in [2.24, 2.45) is 10.7 Å². The largest absolute Gasteiger partial charge is 0.433 e. The van der Waals surface area contributed by atoms with E-state index in [4.69, 9.17) is 22.1 Å². The van der Waals surface area contributed by atoms with Crippen LogP contribution >= 0.6 is 11.6 Å². The van der Waals surface area contributed by atoms with Gasteiger partial charge >= 0.3 is 12.4 Å². The van der Waals surface area contributed by atoms with E-state index in [1.54, 1.807) is 0 Å². The summed E-state index contributed by atoms with van der Waals surface area (Å²) in [5.41, 5.74) is 4.27. The number of anilines is 1. The third-order valence-electron chi connectivity index (χ3n) is 6.03. The van der Waals surface area contributed by atoms with Gasteiger partial charge in [-0.15, -0.1) is 0 Å². The van der Waals surface area contributed by atoms with Crippen LogP contribution in [0.1, 0.15) is 19.0 Å². The van der Waals surface area contributed by atoms with Crippen LogP contribution in [0.15, 0.2) is 40.5 Å². The van der Waals surface area contributed by atoms with Crippen LogP contribution in [0, 0.1) is 0 Å². The fraction of sp³-hybridized carbons (Fsp3) is 0.440. The van der Waals surface area contributed by atoms with Crippen LogP contribution in [0.4, 0.5) is 32.0 Å². The van der Waals surface area contributed by atoms with Crippen molar-refractivity contribution in [3.63, 3.8) is 0 Å². The van der Waals surface area contributed by atoms with Crippen molar-refractivity contribution < 1.29 is 40.7 Å². The molecule has 0 bridgehead atoms. The number of carbonyl (C=O) groups is 2. The second kappa shape index (κ2) is 12.9. The number of fused-ring (bicyclic) bond motifs is 1. The van der Waals surface area contributed by atoms with E-state index in [1.807, 2.05) is 0 Å².